The third-order valence-corrected chi connectivity index (χ3v) is 3.51. The van der Waals surface area contributed by atoms with Gasteiger partial charge in [0.15, 0.2) is 4.67 Å². The Morgan fingerprint density at radius 1 is 1.05 bits per heavy atom. The van der Waals surface area contributed by atoms with Gasteiger partial charge >= 0.3 is 0 Å². The molecule has 0 fully saturated rings. The SMILES string of the molecule is CC(C)C(=O)Nc1ccc(NC(C)c2ccc(Br)o2)cc1. The quantitative estimate of drug-likeness (QED) is 0.813. The van der Waals surface area contributed by atoms with E-state index in [-0.39, 0.29) is 17.9 Å². The lowest BCUT2D eigenvalue weighted by Crippen LogP contribution is -2.17. The number of rotatable bonds is 5. The Kier molecular flexibility index (Phi) is 5.07. The zero-order valence-electron chi connectivity index (χ0n) is 12.3. The van der Waals surface area contributed by atoms with E-state index in [4.69, 9.17) is 4.42 Å². The Balaban J connectivity index is 1.97. The topological polar surface area (TPSA) is 54.3 Å². The molecule has 2 rings (SSSR count). The number of furan rings is 1. The van der Waals surface area contributed by atoms with Crippen LogP contribution in [0.15, 0.2) is 45.5 Å². The minimum atomic E-state index is -0.0276. The van der Waals surface area contributed by atoms with Crippen LogP contribution in [0.5, 0.6) is 0 Å². The van der Waals surface area contributed by atoms with E-state index < -0.39 is 0 Å². The molecule has 1 amide bonds. The van der Waals surface area contributed by atoms with Crippen LogP contribution in [0.4, 0.5) is 11.4 Å². The Hall–Kier alpha value is -1.75. The molecule has 4 nitrogen and oxygen atoms in total. The molecule has 0 aliphatic heterocycles. The largest absolute Gasteiger partial charge is 0.452 e. The molecule has 1 aromatic heterocycles. The van der Waals surface area contributed by atoms with Gasteiger partial charge in [-0.25, -0.2) is 0 Å². The van der Waals surface area contributed by atoms with Gasteiger partial charge in [0.1, 0.15) is 5.76 Å². The predicted octanol–water partition coefficient (Wildman–Crippen LogP) is 4.81. The minimum Gasteiger partial charge on any atom is -0.452 e. The van der Waals surface area contributed by atoms with Gasteiger partial charge in [-0.2, -0.15) is 0 Å². The molecule has 1 unspecified atom stereocenters. The van der Waals surface area contributed by atoms with Gasteiger partial charge in [0, 0.05) is 17.3 Å². The van der Waals surface area contributed by atoms with E-state index in [1.165, 1.54) is 0 Å². The normalized spacial score (nSPS) is 12.2. The van der Waals surface area contributed by atoms with Crippen LogP contribution in [0.1, 0.15) is 32.6 Å². The molecule has 1 atom stereocenters. The van der Waals surface area contributed by atoms with E-state index in [1.807, 2.05) is 57.2 Å². The molecule has 0 aliphatic carbocycles. The predicted molar refractivity (Wildman–Crippen MR) is 88.4 cm³/mol. The molecular weight excluding hydrogens is 332 g/mol. The summed E-state index contributed by atoms with van der Waals surface area (Å²) in [7, 11) is 0. The first-order valence-corrected chi connectivity index (χ1v) is 7.67. The summed E-state index contributed by atoms with van der Waals surface area (Å²) < 4.78 is 6.24. The van der Waals surface area contributed by atoms with Crippen molar-refractivity contribution in [2.45, 2.75) is 26.8 Å². The lowest BCUT2D eigenvalue weighted by atomic mass is 10.2. The van der Waals surface area contributed by atoms with E-state index in [2.05, 4.69) is 26.6 Å². The van der Waals surface area contributed by atoms with Gasteiger partial charge in [-0.3, -0.25) is 4.79 Å². The second-order valence-corrected chi connectivity index (χ2v) is 6.01. The van der Waals surface area contributed by atoms with Crippen LogP contribution in [0, 0.1) is 5.92 Å². The van der Waals surface area contributed by atoms with Crippen LogP contribution in [-0.4, -0.2) is 5.91 Å². The first kappa shape index (κ1) is 15.6. The number of benzene rings is 1. The lowest BCUT2D eigenvalue weighted by Gasteiger charge is -2.14. The monoisotopic (exact) mass is 350 g/mol. The molecule has 1 heterocycles. The van der Waals surface area contributed by atoms with Crippen molar-refractivity contribution in [2.75, 3.05) is 10.6 Å². The zero-order valence-corrected chi connectivity index (χ0v) is 13.9. The standard InChI is InChI=1S/C16H19BrN2O2/c1-10(2)16(20)19-13-6-4-12(5-7-13)18-11(3)14-8-9-15(17)21-14/h4-11,18H,1-3H3,(H,19,20). The van der Waals surface area contributed by atoms with Gasteiger partial charge in [0.25, 0.3) is 0 Å². The molecule has 5 heteroatoms. The molecule has 0 bridgehead atoms. The summed E-state index contributed by atoms with van der Waals surface area (Å²) >= 11 is 3.30. The third kappa shape index (κ3) is 4.36. The first-order chi connectivity index (χ1) is 9.95. The van der Waals surface area contributed by atoms with Gasteiger partial charge in [-0.15, -0.1) is 0 Å². The van der Waals surface area contributed by atoms with Crippen molar-refractivity contribution in [3.05, 3.63) is 46.8 Å². The van der Waals surface area contributed by atoms with E-state index in [0.29, 0.717) is 0 Å². The Morgan fingerprint density at radius 3 is 2.19 bits per heavy atom. The molecule has 0 saturated heterocycles. The molecule has 112 valence electrons. The molecule has 2 N–H and O–H groups in total. The van der Waals surface area contributed by atoms with Gasteiger partial charge in [0.2, 0.25) is 5.91 Å². The maximum atomic E-state index is 11.6. The summed E-state index contributed by atoms with van der Waals surface area (Å²) in [5.74, 6) is 0.851. The molecular formula is C16H19BrN2O2. The number of anilines is 2. The molecule has 21 heavy (non-hydrogen) atoms. The molecule has 1 aromatic carbocycles. The summed E-state index contributed by atoms with van der Waals surface area (Å²) in [5.41, 5.74) is 1.77. The number of hydrogen-bond donors (Lipinski definition) is 2. The van der Waals surface area contributed by atoms with Crippen LogP contribution in [-0.2, 0) is 4.79 Å². The fourth-order valence-corrected chi connectivity index (χ4v) is 2.14. The number of nitrogens with one attached hydrogen (secondary N) is 2. The molecule has 2 aromatic rings. The van der Waals surface area contributed by atoms with Crippen LogP contribution >= 0.6 is 15.9 Å². The zero-order chi connectivity index (χ0) is 15.4. The van der Waals surface area contributed by atoms with E-state index in [1.54, 1.807) is 0 Å². The highest BCUT2D eigenvalue weighted by Crippen LogP contribution is 2.24. The van der Waals surface area contributed by atoms with Crippen molar-refractivity contribution < 1.29 is 9.21 Å². The number of hydrogen-bond acceptors (Lipinski definition) is 3. The third-order valence-electron chi connectivity index (χ3n) is 3.08. The van der Waals surface area contributed by atoms with Gasteiger partial charge in [-0.1, -0.05) is 13.8 Å². The van der Waals surface area contributed by atoms with Crippen molar-refractivity contribution in [3.63, 3.8) is 0 Å². The molecule has 0 spiro atoms. The van der Waals surface area contributed by atoms with Crippen LogP contribution < -0.4 is 10.6 Å². The van der Waals surface area contributed by atoms with Crippen LogP contribution in [0.25, 0.3) is 0 Å². The van der Waals surface area contributed by atoms with Crippen molar-refractivity contribution >= 4 is 33.2 Å². The van der Waals surface area contributed by atoms with Crippen molar-refractivity contribution in [1.82, 2.24) is 0 Å². The van der Waals surface area contributed by atoms with Crippen molar-refractivity contribution in [2.24, 2.45) is 5.92 Å². The van der Waals surface area contributed by atoms with Gasteiger partial charge < -0.3 is 15.1 Å². The van der Waals surface area contributed by atoms with E-state index in [0.717, 1.165) is 21.8 Å². The highest BCUT2D eigenvalue weighted by Gasteiger charge is 2.10. The average Bonchev–Trinajstić information content (AvgIpc) is 2.87. The van der Waals surface area contributed by atoms with Gasteiger partial charge in [0.05, 0.1) is 6.04 Å². The second-order valence-electron chi connectivity index (χ2n) is 5.23. The Bertz CT molecular complexity index is 605. The van der Waals surface area contributed by atoms with Crippen molar-refractivity contribution in [1.29, 1.82) is 0 Å². The Morgan fingerprint density at radius 2 is 1.67 bits per heavy atom. The molecule has 0 radical (unpaired) electrons. The lowest BCUT2D eigenvalue weighted by molar-refractivity contribution is -0.118. The van der Waals surface area contributed by atoms with E-state index in [9.17, 15) is 4.79 Å². The minimum absolute atomic E-state index is 0.0181. The van der Waals surface area contributed by atoms with Crippen LogP contribution in [0.2, 0.25) is 0 Å². The highest BCUT2D eigenvalue weighted by molar-refractivity contribution is 9.10. The summed E-state index contributed by atoms with van der Waals surface area (Å²) in [6.07, 6.45) is 0. The summed E-state index contributed by atoms with van der Waals surface area (Å²) in [5, 5.41) is 6.21. The maximum absolute atomic E-state index is 11.6. The van der Waals surface area contributed by atoms with Crippen LogP contribution in [0.3, 0.4) is 0 Å². The highest BCUT2D eigenvalue weighted by atomic mass is 79.9. The number of carbonyl (C=O) groups excluding carboxylic acids is 1. The summed E-state index contributed by atoms with van der Waals surface area (Å²) in [6.45, 7) is 5.77. The van der Waals surface area contributed by atoms with Gasteiger partial charge in [-0.05, 0) is 59.3 Å². The Labute approximate surface area is 133 Å². The fourth-order valence-electron chi connectivity index (χ4n) is 1.82. The smallest absolute Gasteiger partial charge is 0.226 e. The number of amides is 1. The summed E-state index contributed by atoms with van der Waals surface area (Å²) in [6, 6.07) is 11.5. The first-order valence-electron chi connectivity index (χ1n) is 6.88. The molecule has 0 saturated carbocycles. The fraction of sp³-hybridized carbons (Fsp3) is 0.312. The summed E-state index contributed by atoms with van der Waals surface area (Å²) in [4.78, 5) is 11.6. The number of carbonyl (C=O) groups is 1. The van der Waals surface area contributed by atoms with Crippen molar-refractivity contribution in [3.8, 4) is 0 Å². The maximum Gasteiger partial charge on any atom is 0.226 e. The average molecular weight is 351 g/mol. The number of halogens is 1. The molecule has 0 aliphatic rings. The second kappa shape index (κ2) is 6.80. The van der Waals surface area contributed by atoms with E-state index >= 15 is 0 Å².